The van der Waals surface area contributed by atoms with Gasteiger partial charge in [-0.15, -0.1) is 0 Å². The van der Waals surface area contributed by atoms with Crippen molar-refractivity contribution in [3.8, 4) is 0 Å². The molecule has 0 saturated carbocycles. The third-order valence-electron chi connectivity index (χ3n) is 5.13. The largest absolute Gasteiger partial charge is 0.345 e. The summed E-state index contributed by atoms with van der Waals surface area (Å²) in [5, 5.41) is 12.1. The number of anilines is 6. The van der Waals surface area contributed by atoms with Crippen LogP contribution in [0.2, 0.25) is 0 Å². The third kappa shape index (κ3) is 6.99. The van der Waals surface area contributed by atoms with Crippen LogP contribution in [-0.4, -0.2) is 27.4 Å². The van der Waals surface area contributed by atoms with Gasteiger partial charge in [0.2, 0.25) is 23.8 Å². The highest BCUT2D eigenvalue weighted by Crippen LogP contribution is 2.22. The molecule has 0 aliphatic rings. The molecule has 1 aromatic heterocycles. The van der Waals surface area contributed by atoms with E-state index in [2.05, 4.69) is 48.4 Å². The minimum atomic E-state index is -0.371. The second-order valence-corrected chi connectivity index (χ2v) is 8.72. The summed E-state index contributed by atoms with van der Waals surface area (Å²) in [4.78, 5) is 25.8. The first-order valence-corrected chi connectivity index (χ1v) is 11.5. The fourth-order valence-corrected chi connectivity index (χ4v) is 3.82. The Morgan fingerprint density at radius 1 is 0.667 bits per heavy atom. The van der Waals surface area contributed by atoms with Crippen molar-refractivity contribution < 1.29 is 9.18 Å². The number of nitrogens with zero attached hydrogens (tertiary/aromatic N) is 3. The maximum Gasteiger partial charge on any atom is 0.243 e. The van der Waals surface area contributed by atoms with Crippen molar-refractivity contribution >= 4 is 40.8 Å². The highest BCUT2D eigenvalue weighted by molar-refractivity contribution is 5.93. The summed E-state index contributed by atoms with van der Waals surface area (Å²) in [5.74, 6) is 0.170. The highest BCUT2D eigenvalue weighted by atomic mass is 19.1. The van der Waals surface area contributed by atoms with Crippen LogP contribution in [0.15, 0.2) is 60.7 Å². The molecule has 9 heteroatoms. The Morgan fingerprint density at radius 2 is 1.11 bits per heavy atom. The molecular formula is C27H28FN7O. The molecule has 0 bridgehead atoms. The fourth-order valence-electron chi connectivity index (χ4n) is 3.82. The van der Waals surface area contributed by atoms with E-state index >= 15 is 0 Å². The van der Waals surface area contributed by atoms with Gasteiger partial charge in [0.15, 0.2) is 0 Å². The second-order valence-electron chi connectivity index (χ2n) is 8.72. The molecule has 3 aromatic carbocycles. The molecule has 0 unspecified atom stereocenters. The van der Waals surface area contributed by atoms with Gasteiger partial charge in [-0.05, 0) is 98.5 Å². The van der Waals surface area contributed by atoms with E-state index in [1.54, 1.807) is 0 Å². The van der Waals surface area contributed by atoms with E-state index in [1.165, 1.54) is 24.3 Å². The van der Waals surface area contributed by atoms with Crippen molar-refractivity contribution in [3.63, 3.8) is 0 Å². The first-order valence-electron chi connectivity index (χ1n) is 11.5. The standard InChI is InChI=1S/C27H28FN7O/c1-16-9-17(2)12-22(11-16)31-26-33-25(29-15-24(36)30-21-7-5-20(28)6-8-21)34-27(35-26)32-23-13-18(3)10-19(4)14-23/h5-14H,15H2,1-4H3,(H,30,36)(H3,29,31,32,33,34,35). The lowest BCUT2D eigenvalue weighted by Gasteiger charge is -2.13. The zero-order chi connectivity index (χ0) is 25.7. The van der Waals surface area contributed by atoms with Crippen molar-refractivity contribution in [1.82, 2.24) is 15.0 Å². The molecule has 0 aliphatic carbocycles. The lowest BCUT2D eigenvalue weighted by Crippen LogP contribution is -2.23. The quantitative estimate of drug-likeness (QED) is 0.251. The second kappa shape index (κ2) is 10.8. The SMILES string of the molecule is Cc1cc(C)cc(Nc2nc(NCC(=O)Nc3ccc(F)cc3)nc(Nc3cc(C)cc(C)c3)n2)c1. The summed E-state index contributed by atoms with van der Waals surface area (Å²) in [6, 6.07) is 17.7. The first-order chi connectivity index (χ1) is 17.2. The molecular weight excluding hydrogens is 457 g/mol. The summed E-state index contributed by atoms with van der Waals surface area (Å²) in [7, 11) is 0. The van der Waals surface area contributed by atoms with Gasteiger partial charge in [-0.25, -0.2) is 4.39 Å². The molecule has 0 fully saturated rings. The number of carbonyl (C=O) groups is 1. The Labute approximate surface area is 209 Å². The zero-order valence-electron chi connectivity index (χ0n) is 20.6. The lowest BCUT2D eigenvalue weighted by atomic mass is 10.1. The highest BCUT2D eigenvalue weighted by Gasteiger charge is 2.11. The van der Waals surface area contributed by atoms with E-state index in [0.29, 0.717) is 17.6 Å². The van der Waals surface area contributed by atoms with Crippen LogP contribution < -0.4 is 21.3 Å². The van der Waals surface area contributed by atoms with E-state index in [0.717, 1.165) is 33.6 Å². The van der Waals surface area contributed by atoms with Crippen LogP contribution in [0.5, 0.6) is 0 Å². The number of hydrogen-bond acceptors (Lipinski definition) is 7. The molecule has 0 saturated heterocycles. The van der Waals surface area contributed by atoms with Crippen LogP contribution >= 0.6 is 0 Å². The summed E-state index contributed by atoms with van der Waals surface area (Å²) in [6.45, 7) is 7.99. The molecule has 36 heavy (non-hydrogen) atoms. The lowest BCUT2D eigenvalue weighted by molar-refractivity contribution is -0.114. The van der Waals surface area contributed by atoms with Gasteiger partial charge in [0, 0.05) is 17.1 Å². The number of hydrogen-bond donors (Lipinski definition) is 4. The Hall–Kier alpha value is -4.53. The first kappa shape index (κ1) is 24.6. The van der Waals surface area contributed by atoms with Gasteiger partial charge in [0.1, 0.15) is 5.82 Å². The third-order valence-corrected chi connectivity index (χ3v) is 5.13. The maximum atomic E-state index is 13.1. The minimum Gasteiger partial charge on any atom is -0.345 e. The van der Waals surface area contributed by atoms with E-state index in [9.17, 15) is 9.18 Å². The molecule has 4 rings (SSSR count). The molecule has 8 nitrogen and oxygen atoms in total. The van der Waals surface area contributed by atoms with Gasteiger partial charge in [-0.3, -0.25) is 4.79 Å². The molecule has 1 amide bonds. The molecule has 0 aliphatic heterocycles. The van der Waals surface area contributed by atoms with E-state index in [1.807, 2.05) is 52.0 Å². The molecule has 0 radical (unpaired) electrons. The van der Waals surface area contributed by atoms with Gasteiger partial charge in [-0.2, -0.15) is 15.0 Å². The zero-order valence-corrected chi connectivity index (χ0v) is 20.6. The van der Waals surface area contributed by atoms with Gasteiger partial charge < -0.3 is 21.3 Å². The van der Waals surface area contributed by atoms with Gasteiger partial charge >= 0.3 is 0 Å². The molecule has 0 atom stereocenters. The van der Waals surface area contributed by atoms with Crippen molar-refractivity contribution in [2.75, 3.05) is 27.8 Å². The Morgan fingerprint density at radius 3 is 1.58 bits per heavy atom. The Bertz CT molecular complexity index is 1280. The number of benzene rings is 3. The van der Waals surface area contributed by atoms with E-state index in [-0.39, 0.29) is 24.2 Å². The monoisotopic (exact) mass is 485 g/mol. The van der Waals surface area contributed by atoms with Gasteiger partial charge in [0.05, 0.1) is 6.54 Å². The normalized spacial score (nSPS) is 10.6. The van der Waals surface area contributed by atoms with Crippen molar-refractivity contribution in [2.45, 2.75) is 27.7 Å². The van der Waals surface area contributed by atoms with E-state index in [4.69, 9.17) is 0 Å². The predicted octanol–water partition coefficient (Wildman–Crippen LogP) is 5.78. The number of amides is 1. The number of aryl methyl sites for hydroxylation is 4. The minimum absolute atomic E-state index is 0.0899. The van der Waals surface area contributed by atoms with Gasteiger partial charge in [0.25, 0.3) is 0 Å². The van der Waals surface area contributed by atoms with Gasteiger partial charge in [-0.1, -0.05) is 12.1 Å². The summed E-state index contributed by atoms with van der Waals surface area (Å²) < 4.78 is 13.1. The van der Waals surface area contributed by atoms with Crippen LogP contribution in [0.4, 0.5) is 39.3 Å². The molecule has 1 heterocycles. The molecule has 184 valence electrons. The van der Waals surface area contributed by atoms with Crippen molar-refractivity contribution in [2.24, 2.45) is 0 Å². The van der Waals surface area contributed by atoms with E-state index < -0.39 is 0 Å². The van der Waals surface area contributed by atoms with Crippen LogP contribution in [-0.2, 0) is 4.79 Å². The van der Waals surface area contributed by atoms with Crippen molar-refractivity contribution in [3.05, 3.63) is 88.7 Å². The number of halogens is 1. The number of rotatable bonds is 8. The fraction of sp³-hybridized carbons (Fsp3) is 0.185. The number of carbonyl (C=O) groups excluding carboxylic acids is 1. The number of nitrogens with one attached hydrogen (secondary N) is 4. The molecule has 4 N–H and O–H groups in total. The summed E-state index contributed by atoms with van der Waals surface area (Å²) in [5.41, 5.74) is 6.61. The maximum absolute atomic E-state index is 13.1. The Kier molecular flexibility index (Phi) is 7.39. The van der Waals surface area contributed by atoms with Crippen LogP contribution in [0.3, 0.4) is 0 Å². The average molecular weight is 486 g/mol. The summed E-state index contributed by atoms with van der Waals surface area (Å²) in [6.07, 6.45) is 0. The number of aromatic nitrogens is 3. The van der Waals surface area contributed by atoms with Crippen LogP contribution in [0, 0.1) is 33.5 Å². The topological polar surface area (TPSA) is 104 Å². The summed E-state index contributed by atoms with van der Waals surface area (Å²) >= 11 is 0. The van der Waals surface area contributed by atoms with Crippen LogP contribution in [0.1, 0.15) is 22.3 Å². The molecule has 4 aromatic rings. The average Bonchev–Trinajstić information content (AvgIpc) is 2.78. The smallest absolute Gasteiger partial charge is 0.243 e. The Balaban J connectivity index is 1.55. The van der Waals surface area contributed by atoms with Crippen LogP contribution in [0.25, 0.3) is 0 Å². The molecule has 0 spiro atoms. The van der Waals surface area contributed by atoms with Crippen molar-refractivity contribution in [1.29, 1.82) is 0 Å². The predicted molar refractivity (Wildman–Crippen MR) is 142 cm³/mol.